The van der Waals surface area contributed by atoms with Crippen LogP contribution in [-0.2, 0) is 10.0 Å². The van der Waals surface area contributed by atoms with E-state index in [1.807, 2.05) is 24.3 Å². The standard InChI is InChI=1S/C25H26ClN3O4S/c1-18(2)13-14-33-23-11-9-19(10-12-23)17-27-28-25(30)20-5-3-8-24(15-20)34(31,32)29-22-7-4-6-21(26)16-22/h3-12,15-18,29H,13-14H2,1-2H3,(H,28,30)/b27-17+. The van der Waals surface area contributed by atoms with Crippen LogP contribution >= 0.6 is 11.6 Å². The fourth-order valence-electron chi connectivity index (χ4n) is 2.86. The van der Waals surface area contributed by atoms with E-state index in [4.69, 9.17) is 16.3 Å². The Hall–Kier alpha value is -3.36. The van der Waals surface area contributed by atoms with Crippen LogP contribution in [0.4, 0.5) is 5.69 Å². The number of ether oxygens (including phenoxy) is 1. The van der Waals surface area contributed by atoms with Gasteiger partial charge in [0.1, 0.15) is 5.75 Å². The van der Waals surface area contributed by atoms with Crippen molar-refractivity contribution < 1.29 is 17.9 Å². The smallest absolute Gasteiger partial charge is 0.271 e. The number of carbonyl (C=O) groups is 1. The Kier molecular flexibility index (Phi) is 8.67. The van der Waals surface area contributed by atoms with Crippen LogP contribution in [0.25, 0.3) is 0 Å². The SMILES string of the molecule is CC(C)CCOc1ccc(/C=N/NC(=O)c2cccc(S(=O)(=O)Nc3cccc(Cl)c3)c2)cc1. The molecule has 0 bridgehead atoms. The number of sulfonamides is 1. The van der Waals surface area contributed by atoms with Gasteiger partial charge in [-0.3, -0.25) is 9.52 Å². The number of hydrogen-bond acceptors (Lipinski definition) is 5. The van der Waals surface area contributed by atoms with Crippen LogP contribution in [0.15, 0.2) is 82.8 Å². The summed E-state index contributed by atoms with van der Waals surface area (Å²) in [5, 5.41) is 4.36. The van der Waals surface area contributed by atoms with Gasteiger partial charge in [0.2, 0.25) is 0 Å². The quantitative estimate of drug-likeness (QED) is 0.291. The van der Waals surface area contributed by atoms with Gasteiger partial charge < -0.3 is 4.74 Å². The number of rotatable bonds is 10. The molecule has 0 heterocycles. The molecule has 9 heteroatoms. The third-order valence-corrected chi connectivity index (χ3v) is 6.32. The highest BCUT2D eigenvalue weighted by Gasteiger charge is 2.16. The predicted octanol–water partition coefficient (Wildman–Crippen LogP) is 5.33. The Balaban J connectivity index is 1.60. The fraction of sp³-hybridized carbons (Fsp3) is 0.200. The second-order valence-corrected chi connectivity index (χ2v) is 10.1. The van der Waals surface area contributed by atoms with Gasteiger partial charge in [0.25, 0.3) is 15.9 Å². The van der Waals surface area contributed by atoms with E-state index in [1.165, 1.54) is 36.5 Å². The molecule has 0 aliphatic heterocycles. The zero-order chi connectivity index (χ0) is 24.6. The highest BCUT2D eigenvalue weighted by Crippen LogP contribution is 2.20. The average molecular weight is 500 g/mol. The number of nitrogens with zero attached hydrogens (tertiary/aromatic N) is 1. The van der Waals surface area contributed by atoms with Crippen LogP contribution in [0.2, 0.25) is 5.02 Å². The maximum atomic E-state index is 12.7. The van der Waals surface area contributed by atoms with Crippen LogP contribution in [0.3, 0.4) is 0 Å². The molecule has 0 unspecified atom stereocenters. The van der Waals surface area contributed by atoms with Crippen molar-refractivity contribution in [3.63, 3.8) is 0 Å². The minimum atomic E-state index is -3.90. The van der Waals surface area contributed by atoms with Crippen molar-refractivity contribution in [2.45, 2.75) is 25.2 Å². The number of nitrogens with one attached hydrogen (secondary N) is 2. The number of benzene rings is 3. The Morgan fingerprint density at radius 2 is 1.79 bits per heavy atom. The summed E-state index contributed by atoms with van der Waals surface area (Å²) in [7, 11) is -3.90. The zero-order valence-corrected chi connectivity index (χ0v) is 20.4. The first-order valence-corrected chi connectivity index (χ1v) is 12.5. The Labute approximate surface area is 204 Å². The van der Waals surface area contributed by atoms with Crippen molar-refractivity contribution in [2.75, 3.05) is 11.3 Å². The van der Waals surface area contributed by atoms with Gasteiger partial charge in [-0.2, -0.15) is 5.10 Å². The Bertz CT molecular complexity index is 1260. The third-order valence-electron chi connectivity index (χ3n) is 4.71. The molecule has 2 N–H and O–H groups in total. The summed E-state index contributed by atoms with van der Waals surface area (Å²) in [5.74, 6) is 0.811. The normalized spacial score (nSPS) is 11.5. The van der Waals surface area contributed by atoms with Gasteiger partial charge in [0.05, 0.1) is 23.4 Å². The number of carbonyl (C=O) groups excluding carboxylic acids is 1. The van der Waals surface area contributed by atoms with Gasteiger partial charge in [0, 0.05) is 10.6 Å². The summed E-state index contributed by atoms with van der Waals surface area (Å²) in [5.41, 5.74) is 3.66. The van der Waals surface area contributed by atoms with Gasteiger partial charge in [-0.25, -0.2) is 13.8 Å². The molecule has 3 rings (SSSR count). The van der Waals surface area contributed by atoms with Crippen LogP contribution in [-0.4, -0.2) is 27.1 Å². The lowest BCUT2D eigenvalue weighted by atomic mass is 10.1. The molecule has 34 heavy (non-hydrogen) atoms. The molecule has 0 fully saturated rings. The Morgan fingerprint density at radius 1 is 1.06 bits per heavy atom. The molecule has 0 atom stereocenters. The third kappa shape index (κ3) is 7.60. The minimum Gasteiger partial charge on any atom is -0.494 e. The molecular weight excluding hydrogens is 474 g/mol. The molecule has 178 valence electrons. The van der Waals surface area contributed by atoms with E-state index in [9.17, 15) is 13.2 Å². The summed E-state index contributed by atoms with van der Waals surface area (Å²) in [6.45, 7) is 4.94. The van der Waals surface area contributed by atoms with E-state index in [0.29, 0.717) is 23.2 Å². The lowest BCUT2D eigenvalue weighted by Gasteiger charge is -2.09. The van der Waals surface area contributed by atoms with Crippen molar-refractivity contribution in [3.8, 4) is 5.75 Å². The van der Waals surface area contributed by atoms with Gasteiger partial charge in [-0.1, -0.05) is 37.6 Å². The van der Waals surface area contributed by atoms with E-state index < -0.39 is 15.9 Å². The molecule has 0 aliphatic rings. The van der Waals surface area contributed by atoms with Crippen molar-refractivity contribution >= 4 is 39.4 Å². The van der Waals surface area contributed by atoms with E-state index in [2.05, 4.69) is 29.1 Å². The summed E-state index contributed by atoms with van der Waals surface area (Å²) in [6, 6.07) is 19.4. The molecular formula is C25H26ClN3O4S. The number of anilines is 1. The van der Waals surface area contributed by atoms with Crippen LogP contribution in [0, 0.1) is 5.92 Å². The van der Waals surface area contributed by atoms with Crippen molar-refractivity contribution in [2.24, 2.45) is 11.0 Å². The lowest BCUT2D eigenvalue weighted by Crippen LogP contribution is -2.19. The molecule has 0 spiro atoms. The first-order valence-electron chi connectivity index (χ1n) is 10.7. The van der Waals surface area contributed by atoms with E-state index >= 15 is 0 Å². The molecule has 3 aromatic rings. The fourth-order valence-corrected chi connectivity index (χ4v) is 4.15. The average Bonchev–Trinajstić information content (AvgIpc) is 2.79. The topological polar surface area (TPSA) is 96.9 Å². The minimum absolute atomic E-state index is 0.0582. The van der Waals surface area contributed by atoms with Gasteiger partial charge in [-0.05, 0) is 78.6 Å². The first-order chi connectivity index (χ1) is 16.2. The summed E-state index contributed by atoms with van der Waals surface area (Å²) in [4.78, 5) is 12.4. The predicted molar refractivity (Wildman–Crippen MR) is 135 cm³/mol. The molecule has 0 saturated heterocycles. The van der Waals surface area contributed by atoms with Crippen LogP contribution in [0.5, 0.6) is 5.75 Å². The highest BCUT2D eigenvalue weighted by atomic mass is 35.5. The first kappa shape index (κ1) is 25.3. The maximum absolute atomic E-state index is 12.7. The highest BCUT2D eigenvalue weighted by molar-refractivity contribution is 7.92. The van der Waals surface area contributed by atoms with E-state index in [1.54, 1.807) is 18.2 Å². The van der Waals surface area contributed by atoms with E-state index in [0.717, 1.165) is 17.7 Å². The van der Waals surface area contributed by atoms with Gasteiger partial charge in [0.15, 0.2) is 0 Å². The number of hydrazone groups is 1. The summed E-state index contributed by atoms with van der Waals surface area (Å²) < 4.78 is 33.5. The van der Waals surface area contributed by atoms with Crippen LogP contribution < -0.4 is 14.9 Å². The molecule has 1 amide bonds. The van der Waals surface area contributed by atoms with Crippen molar-refractivity contribution in [1.82, 2.24) is 5.43 Å². The number of halogens is 1. The van der Waals surface area contributed by atoms with Crippen molar-refractivity contribution in [3.05, 3.63) is 88.9 Å². The van der Waals surface area contributed by atoms with Crippen LogP contribution in [0.1, 0.15) is 36.2 Å². The summed E-state index contributed by atoms with van der Waals surface area (Å²) >= 11 is 5.91. The number of hydrogen-bond donors (Lipinski definition) is 2. The Morgan fingerprint density at radius 3 is 2.50 bits per heavy atom. The van der Waals surface area contributed by atoms with Crippen molar-refractivity contribution in [1.29, 1.82) is 0 Å². The summed E-state index contributed by atoms with van der Waals surface area (Å²) in [6.07, 6.45) is 2.48. The monoisotopic (exact) mass is 499 g/mol. The molecule has 0 radical (unpaired) electrons. The largest absolute Gasteiger partial charge is 0.494 e. The molecule has 7 nitrogen and oxygen atoms in total. The molecule has 0 saturated carbocycles. The molecule has 3 aromatic carbocycles. The molecule has 0 aliphatic carbocycles. The zero-order valence-electron chi connectivity index (χ0n) is 18.9. The van der Waals surface area contributed by atoms with E-state index in [-0.39, 0.29) is 10.5 Å². The molecule has 0 aromatic heterocycles. The van der Waals surface area contributed by atoms with Gasteiger partial charge >= 0.3 is 0 Å². The van der Waals surface area contributed by atoms with Gasteiger partial charge in [-0.15, -0.1) is 0 Å². The maximum Gasteiger partial charge on any atom is 0.271 e. The number of amides is 1. The second-order valence-electron chi connectivity index (χ2n) is 7.94. The second kappa shape index (κ2) is 11.7. The lowest BCUT2D eigenvalue weighted by molar-refractivity contribution is 0.0955.